The number of hydrogen-bond acceptors (Lipinski definition) is 3. The van der Waals surface area contributed by atoms with Crippen LogP contribution in [0.1, 0.15) is 0 Å². The second kappa shape index (κ2) is 4.77. The van der Waals surface area contributed by atoms with E-state index in [2.05, 4.69) is 9.97 Å². The highest BCUT2D eigenvalue weighted by Gasteiger charge is 2.08. The number of methoxy groups -OCH3 is 1. The van der Waals surface area contributed by atoms with Crippen molar-refractivity contribution >= 4 is 10.9 Å². The van der Waals surface area contributed by atoms with Crippen LogP contribution < -0.4 is 10.3 Å². The van der Waals surface area contributed by atoms with Gasteiger partial charge in [0.25, 0.3) is 5.56 Å². The van der Waals surface area contributed by atoms with Crippen molar-refractivity contribution in [2.24, 2.45) is 0 Å². The Bertz CT molecular complexity index is 843. The van der Waals surface area contributed by atoms with E-state index in [0.29, 0.717) is 28.0 Å². The number of aromatic amines is 1. The molecule has 0 unspecified atom stereocenters. The molecule has 0 radical (unpaired) electrons. The molecule has 0 atom stereocenters. The van der Waals surface area contributed by atoms with Gasteiger partial charge in [-0.25, -0.2) is 9.37 Å². The van der Waals surface area contributed by atoms with Crippen molar-refractivity contribution in [3.63, 3.8) is 0 Å². The average molecular weight is 270 g/mol. The minimum absolute atomic E-state index is 0.256. The van der Waals surface area contributed by atoms with E-state index in [1.807, 2.05) is 0 Å². The molecule has 0 saturated carbocycles. The Hall–Kier alpha value is -2.69. The summed E-state index contributed by atoms with van der Waals surface area (Å²) in [6, 6.07) is 11.2. The Morgan fingerprint density at radius 1 is 1.20 bits per heavy atom. The summed E-state index contributed by atoms with van der Waals surface area (Å²) < 4.78 is 18.5. The molecule has 1 N–H and O–H groups in total. The van der Waals surface area contributed by atoms with Gasteiger partial charge in [0.1, 0.15) is 17.4 Å². The Labute approximate surface area is 113 Å². The Balaban J connectivity index is 2.24. The first-order valence-corrected chi connectivity index (χ1v) is 6.01. The number of H-pyrrole nitrogens is 1. The lowest BCUT2D eigenvalue weighted by molar-refractivity contribution is 0.411. The fourth-order valence-corrected chi connectivity index (χ4v) is 2.04. The second-order valence-corrected chi connectivity index (χ2v) is 4.31. The zero-order valence-electron chi connectivity index (χ0n) is 10.7. The van der Waals surface area contributed by atoms with Gasteiger partial charge in [0.05, 0.1) is 18.0 Å². The molecular weight excluding hydrogens is 259 g/mol. The molecule has 0 bridgehead atoms. The highest BCUT2D eigenvalue weighted by molar-refractivity contribution is 5.79. The molecule has 20 heavy (non-hydrogen) atoms. The average Bonchev–Trinajstić information content (AvgIpc) is 2.46. The van der Waals surface area contributed by atoms with E-state index < -0.39 is 5.82 Å². The topological polar surface area (TPSA) is 55.0 Å². The van der Waals surface area contributed by atoms with E-state index in [1.165, 1.54) is 19.2 Å². The first kappa shape index (κ1) is 12.3. The van der Waals surface area contributed by atoms with Crippen molar-refractivity contribution in [2.45, 2.75) is 0 Å². The Morgan fingerprint density at radius 2 is 2.00 bits per heavy atom. The van der Waals surface area contributed by atoms with Crippen LogP contribution in [0.15, 0.2) is 47.3 Å². The van der Waals surface area contributed by atoms with Crippen molar-refractivity contribution in [2.75, 3.05) is 7.11 Å². The Kier molecular flexibility index (Phi) is 2.95. The smallest absolute Gasteiger partial charge is 0.259 e. The summed E-state index contributed by atoms with van der Waals surface area (Å²) in [7, 11) is 1.45. The van der Waals surface area contributed by atoms with E-state index in [9.17, 15) is 9.18 Å². The highest BCUT2D eigenvalue weighted by Crippen LogP contribution is 2.23. The first-order chi connectivity index (χ1) is 9.67. The summed E-state index contributed by atoms with van der Waals surface area (Å²) in [6.45, 7) is 0. The fourth-order valence-electron chi connectivity index (χ4n) is 2.04. The second-order valence-electron chi connectivity index (χ2n) is 4.31. The van der Waals surface area contributed by atoms with Gasteiger partial charge in [-0.3, -0.25) is 4.79 Å². The van der Waals surface area contributed by atoms with Gasteiger partial charge < -0.3 is 9.72 Å². The summed E-state index contributed by atoms with van der Waals surface area (Å²) in [6.07, 6.45) is 0. The van der Waals surface area contributed by atoms with Crippen LogP contribution >= 0.6 is 0 Å². The highest BCUT2D eigenvalue weighted by atomic mass is 19.1. The number of para-hydroxylation sites is 1. The zero-order valence-corrected chi connectivity index (χ0v) is 10.7. The molecular formula is C15H11FN2O2. The van der Waals surface area contributed by atoms with E-state index in [1.54, 1.807) is 30.3 Å². The molecule has 0 amide bonds. The van der Waals surface area contributed by atoms with E-state index >= 15 is 0 Å². The van der Waals surface area contributed by atoms with Crippen LogP contribution in [0.4, 0.5) is 4.39 Å². The lowest BCUT2D eigenvalue weighted by atomic mass is 10.1. The summed E-state index contributed by atoms with van der Waals surface area (Å²) >= 11 is 0. The molecule has 0 aliphatic heterocycles. The zero-order chi connectivity index (χ0) is 14.1. The fraction of sp³-hybridized carbons (Fsp3) is 0.0667. The first-order valence-electron chi connectivity index (χ1n) is 6.01. The number of benzene rings is 2. The van der Waals surface area contributed by atoms with Crippen molar-refractivity contribution < 1.29 is 9.13 Å². The number of rotatable bonds is 2. The van der Waals surface area contributed by atoms with Crippen molar-refractivity contribution in [3.8, 4) is 17.1 Å². The van der Waals surface area contributed by atoms with Crippen LogP contribution in [-0.4, -0.2) is 17.1 Å². The number of nitrogens with zero attached hydrogens (tertiary/aromatic N) is 1. The predicted molar refractivity (Wildman–Crippen MR) is 74.3 cm³/mol. The van der Waals surface area contributed by atoms with Crippen LogP contribution in [0.5, 0.6) is 5.75 Å². The van der Waals surface area contributed by atoms with Gasteiger partial charge in [0.2, 0.25) is 0 Å². The number of nitrogens with one attached hydrogen (secondary N) is 1. The van der Waals surface area contributed by atoms with Crippen molar-refractivity contribution in [3.05, 3.63) is 58.6 Å². The van der Waals surface area contributed by atoms with Crippen molar-refractivity contribution in [1.29, 1.82) is 0 Å². The summed E-state index contributed by atoms with van der Waals surface area (Å²) in [5, 5.41) is 0.500. The minimum Gasteiger partial charge on any atom is -0.497 e. The maximum Gasteiger partial charge on any atom is 0.259 e. The molecule has 4 nitrogen and oxygen atoms in total. The normalized spacial score (nSPS) is 10.7. The van der Waals surface area contributed by atoms with E-state index in [4.69, 9.17) is 4.74 Å². The van der Waals surface area contributed by atoms with Crippen LogP contribution in [-0.2, 0) is 0 Å². The monoisotopic (exact) mass is 270 g/mol. The summed E-state index contributed by atoms with van der Waals surface area (Å²) in [5.41, 5.74) is 0.771. The molecule has 0 saturated heterocycles. The third kappa shape index (κ3) is 2.14. The maximum atomic E-state index is 13.5. The SMILES string of the molecule is COc1cc(F)cc(-c2nc3ccccc3c(=O)[nH]2)c1. The number of ether oxygens (including phenoxy) is 1. The van der Waals surface area contributed by atoms with Gasteiger partial charge in [0, 0.05) is 11.6 Å². The number of hydrogen-bond donors (Lipinski definition) is 1. The molecule has 3 rings (SSSR count). The lowest BCUT2D eigenvalue weighted by Gasteiger charge is -2.06. The van der Waals surface area contributed by atoms with Gasteiger partial charge in [0.15, 0.2) is 0 Å². The maximum absolute atomic E-state index is 13.5. The molecule has 3 aromatic rings. The van der Waals surface area contributed by atoms with Gasteiger partial charge in [-0.05, 0) is 24.3 Å². The number of halogens is 1. The molecule has 1 aromatic heterocycles. The van der Waals surface area contributed by atoms with Gasteiger partial charge in [-0.2, -0.15) is 0 Å². The standard InChI is InChI=1S/C15H11FN2O2/c1-20-11-7-9(6-10(16)8-11)14-17-13-5-3-2-4-12(13)15(19)18-14/h2-8H,1H3,(H,17,18,19). The molecule has 1 heterocycles. The molecule has 0 fully saturated rings. The largest absolute Gasteiger partial charge is 0.497 e. The van der Waals surface area contributed by atoms with Gasteiger partial charge in [-0.15, -0.1) is 0 Å². The van der Waals surface area contributed by atoms with Crippen molar-refractivity contribution in [1.82, 2.24) is 9.97 Å². The van der Waals surface area contributed by atoms with Crippen LogP contribution in [0.25, 0.3) is 22.3 Å². The third-order valence-electron chi connectivity index (χ3n) is 2.99. The van der Waals surface area contributed by atoms with Gasteiger partial charge in [-0.1, -0.05) is 12.1 Å². The summed E-state index contributed by atoms with van der Waals surface area (Å²) in [5.74, 6) is 0.234. The molecule has 2 aromatic carbocycles. The number of aromatic nitrogens is 2. The summed E-state index contributed by atoms with van der Waals surface area (Å²) in [4.78, 5) is 19.0. The lowest BCUT2D eigenvalue weighted by Crippen LogP contribution is -2.09. The van der Waals surface area contributed by atoms with Crippen LogP contribution in [0.3, 0.4) is 0 Å². The molecule has 100 valence electrons. The van der Waals surface area contributed by atoms with Crippen LogP contribution in [0.2, 0.25) is 0 Å². The molecule has 0 spiro atoms. The molecule has 0 aliphatic carbocycles. The third-order valence-corrected chi connectivity index (χ3v) is 2.99. The van der Waals surface area contributed by atoms with Crippen LogP contribution in [0, 0.1) is 5.82 Å². The molecule has 5 heteroatoms. The predicted octanol–water partition coefficient (Wildman–Crippen LogP) is 2.74. The number of fused-ring (bicyclic) bond motifs is 1. The quantitative estimate of drug-likeness (QED) is 0.779. The van der Waals surface area contributed by atoms with E-state index in [-0.39, 0.29) is 5.56 Å². The minimum atomic E-state index is -0.449. The molecule has 0 aliphatic rings. The Morgan fingerprint density at radius 3 is 2.80 bits per heavy atom. The van der Waals surface area contributed by atoms with Gasteiger partial charge >= 0.3 is 0 Å². The van der Waals surface area contributed by atoms with E-state index in [0.717, 1.165) is 0 Å².